The first-order valence-electron chi connectivity index (χ1n) is 4.92. The fraction of sp³-hybridized carbons (Fsp3) is 0.889. The summed E-state index contributed by atoms with van der Waals surface area (Å²) in [5.74, 6) is 0.200. The maximum atomic E-state index is 7.00. The highest BCUT2D eigenvalue weighted by Crippen LogP contribution is 2.19. The normalized spacial score (nSPS) is 23.8. The Kier molecular flexibility index (Phi) is 12.4. The quantitative estimate of drug-likeness (QED) is 0.278. The molecule has 0 aliphatic heterocycles. The van der Waals surface area contributed by atoms with Crippen LogP contribution in [0.1, 0.15) is 25.7 Å². The first-order valence-corrected chi connectivity index (χ1v) is 4.92. The second-order valence-electron chi connectivity index (χ2n) is 3.12. The second kappa shape index (κ2) is 11.2. The summed E-state index contributed by atoms with van der Waals surface area (Å²) in [5.41, 5.74) is 16.2. The molecule has 1 saturated carbocycles. The molecule has 6 nitrogen and oxygen atoms in total. The van der Waals surface area contributed by atoms with Crippen molar-refractivity contribution in [1.82, 2.24) is 0 Å². The lowest BCUT2D eigenvalue weighted by Gasteiger charge is -2.22. The second-order valence-corrected chi connectivity index (χ2v) is 3.12. The highest BCUT2D eigenvalue weighted by molar-refractivity contribution is 5.75. The van der Waals surface area contributed by atoms with Crippen molar-refractivity contribution in [3.8, 4) is 0 Å². The fourth-order valence-electron chi connectivity index (χ4n) is 1.44. The first kappa shape index (κ1) is 16.6. The topological polar surface area (TPSA) is 131 Å². The molecule has 0 aromatic carbocycles. The lowest BCUT2D eigenvalue weighted by atomic mass is 9.92. The summed E-state index contributed by atoms with van der Waals surface area (Å²) in [6.07, 6.45) is 4.14. The molecular weight excluding hydrogens is 196 g/mol. The van der Waals surface area contributed by atoms with Crippen LogP contribution in [0, 0.1) is 0 Å². The van der Waals surface area contributed by atoms with Crippen molar-refractivity contribution < 1.29 is 10.2 Å². The van der Waals surface area contributed by atoms with Gasteiger partial charge in [0.15, 0.2) is 5.96 Å². The van der Waals surface area contributed by atoms with Gasteiger partial charge in [-0.3, -0.25) is 4.99 Å². The van der Waals surface area contributed by atoms with Crippen LogP contribution in [0.15, 0.2) is 4.99 Å². The van der Waals surface area contributed by atoms with Crippen molar-refractivity contribution in [3.05, 3.63) is 0 Å². The number of nitrogens with two attached hydrogens (primary N) is 3. The maximum Gasteiger partial charge on any atom is 0.186 e. The minimum Gasteiger partial charge on any atom is -0.400 e. The average Bonchev–Trinajstić information content (AvgIpc) is 2.27. The number of rotatable bonds is 1. The molecule has 8 N–H and O–H groups in total. The zero-order valence-corrected chi connectivity index (χ0v) is 9.56. The zero-order chi connectivity index (χ0) is 12.3. The summed E-state index contributed by atoms with van der Waals surface area (Å²) in [4.78, 5) is 4.09. The third-order valence-electron chi connectivity index (χ3n) is 2.07. The van der Waals surface area contributed by atoms with E-state index in [0.717, 1.165) is 39.9 Å². The lowest BCUT2D eigenvalue weighted by molar-refractivity contribution is 0.396. The molecule has 6 heteroatoms. The summed E-state index contributed by atoms with van der Waals surface area (Å²) in [6, 6.07) is 0.681. The van der Waals surface area contributed by atoms with E-state index >= 15 is 0 Å². The molecule has 0 bridgehead atoms. The van der Waals surface area contributed by atoms with E-state index < -0.39 is 0 Å². The minimum absolute atomic E-state index is 0.200. The van der Waals surface area contributed by atoms with Crippen LogP contribution in [0.3, 0.4) is 0 Å². The van der Waals surface area contributed by atoms with Gasteiger partial charge in [-0.15, -0.1) is 0 Å². The number of aliphatic hydroxyl groups is 2. The smallest absolute Gasteiger partial charge is 0.186 e. The Morgan fingerprint density at radius 1 is 1.00 bits per heavy atom. The molecule has 0 unspecified atom stereocenters. The van der Waals surface area contributed by atoms with Crippen LogP contribution in [-0.2, 0) is 0 Å². The Bertz CT molecular complexity index is 152. The molecule has 0 spiro atoms. The molecule has 0 aromatic heterocycles. The van der Waals surface area contributed by atoms with E-state index in [0.29, 0.717) is 12.1 Å². The molecular formula is C9H24N4O2. The van der Waals surface area contributed by atoms with Crippen LogP contribution in [0.2, 0.25) is 0 Å². The standard InChI is InChI=1S/C7H16N4.2CH4O/c8-5-1-3-6(4-2-5)11-7(9)10;2*1-2/h5-6H,1-4,8H2,(H4,9,10,11);2*2H,1H3. The van der Waals surface area contributed by atoms with Crippen LogP contribution in [0.25, 0.3) is 0 Å². The van der Waals surface area contributed by atoms with Gasteiger partial charge in [-0.25, -0.2) is 0 Å². The van der Waals surface area contributed by atoms with Crippen molar-refractivity contribution >= 4 is 5.96 Å². The number of hydrogen-bond acceptors (Lipinski definition) is 4. The van der Waals surface area contributed by atoms with Gasteiger partial charge in [0.05, 0.1) is 6.04 Å². The molecule has 0 saturated heterocycles. The summed E-state index contributed by atoms with van der Waals surface area (Å²) in [6.45, 7) is 0. The van der Waals surface area contributed by atoms with Crippen LogP contribution in [0.4, 0.5) is 0 Å². The van der Waals surface area contributed by atoms with Gasteiger partial charge in [0.25, 0.3) is 0 Å². The van der Waals surface area contributed by atoms with E-state index in [9.17, 15) is 0 Å². The summed E-state index contributed by atoms with van der Waals surface area (Å²) < 4.78 is 0. The molecule has 1 rings (SSSR count). The first-order chi connectivity index (χ1) is 7.18. The molecule has 0 amide bonds. The van der Waals surface area contributed by atoms with Crippen LogP contribution in [0.5, 0.6) is 0 Å². The lowest BCUT2D eigenvalue weighted by Crippen LogP contribution is -2.31. The maximum absolute atomic E-state index is 7.00. The third kappa shape index (κ3) is 9.45. The van der Waals surface area contributed by atoms with Crippen molar-refractivity contribution in [2.75, 3.05) is 14.2 Å². The van der Waals surface area contributed by atoms with Gasteiger partial charge in [0.1, 0.15) is 0 Å². The van der Waals surface area contributed by atoms with Crippen molar-refractivity contribution in [3.63, 3.8) is 0 Å². The predicted molar refractivity (Wildman–Crippen MR) is 62.3 cm³/mol. The van der Waals surface area contributed by atoms with Crippen LogP contribution < -0.4 is 17.2 Å². The van der Waals surface area contributed by atoms with Crippen molar-refractivity contribution in [1.29, 1.82) is 0 Å². The Morgan fingerprint density at radius 3 is 1.73 bits per heavy atom. The summed E-state index contributed by atoms with van der Waals surface area (Å²) in [7, 11) is 2.00. The van der Waals surface area contributed by atoms with Crippen LogP contribution >= 0.6 is 0 Å². The Hall–Kier alpha value is -0.850. The Labute approximate surface area is 91.2 Å². The van der Waals surface area contributed by atoms with Gasteiger partial charge in [0, 0.05) is 20.3 Å². The van der Waals surface area contributed by atoms with Gasteiger partial charge in [0.2, 0.25) is 0 Å². The SMILES string of the molecule is CO.CO.NC(N)=NC1CCC(N)CC1. The highest BCUT2D eigenvalue weighted by Gasteiger charge is 2.17. The Balaban J connectivity index is 0. The molecule has 92 valence electrons. The van der Waals surface area contributed by atoms with Gasteiger partial charge in [-0.05, 0) is 25.7 Å². The number of hydrogen-bond donors (Lipinski definition) is 5. The van der Waals surface area contributed by atoms with E-state index in [1.807, 2.05) is 0 Å². The Morgan fingerprint density at radius 2 is 1.40 bits per heavy atom. The molecule has 0 heterocycles. The fourth-order valence-corrected chi connectivity index (χ4v) is 1.44. The molecule has 1 aliphatic rings. The largest absolute Gasteiger partial charge is 0.400 e. The van der Waals surface area contributed by atoms with Gasteiger partial charge < -0.3 is 27.4 Å². The van der Waals surface area contributed by atoms with Crippen molar-refractivity contribution in [2.45, 2.75) is 37.8 Å². The predicted octanol–water partition coefficient (Wildman–Crippen LogP) is -1.25. The molecule has 15 heavy (non-hydrogen) atoms. The number of aliphatic imine (C=N–C) groups is 1. The number of guanidine groups is 1. The summed E-state index contributed by atoms with van der Waals surface area (Å²) >= 11 is 0. The molecule has 0 radical (unpaired) electrons. The molecule has 1 fully saturated rings. The minimum atomic E-state index is 0.200. The highest BCUT2D eigenvalue weighted by atomic mass is 16.2. The molecule has 1 aliphatic carbocycles. The summed E-state index contributed by atoms with van der Waals surface area (Å²) in [5, 5.41) is 14.0. The third-order valence-corrected chi connectivity index (χ3v) is 2.07. The van der Waals surface area contributed by atoms with Gasteiger partial charge in [-0.2, -0.15) is 0 Å². The van der Waals surface area contributed by atoms with Crippen LogP contribution in [-0.4, -0.2) is 42.5 Å². The van der Waals surface area contributed by atoms with Crippen molar-refractivity contribution in [2.24, 2.45) is 22.2 Å². The van der Waals surface area contributed by atoms with E-state index in [4.69, 9.17) is 27.4 Å². The monoisotopic (exact) mass is 220 g/mol. The zero-order valence-electron chi connectivity index (χ0n) is 9.56. The average molecular weight is 220 g/mol. The molecule has 0 aromatic rings. The van der Waals surface area contributed by atoms with E-state index in [1.54, 1.807) is 0 Å². The molecule has 0 atom stereocenters. The number of aliphatic hydroxyl groups excluding tert-OH is 2. The van der Waals surface area contributed by atoms with Gasteiger partial charge in [-0.1, -0.05) is 0 Å². The number of nitrogens with zero attached hydrogens (tertiary/aromatic N) is 1. The van der Waals surface area contributed by atoms with E-state index in [2.05, 4.69) is 4.99 Å². The van der Waals surface area contributed by atoms with E-state index in [-0.39, 0.29) is 5.96 Å². The van der Waals surface area contributed by atoms with Gasteiger partial charge >= 0.3 is 0 Å². The van der Waals surface area contributed by atoms with E-state index in [1.165, 1.54) is 0 Å².